The molecule has 2 heterocycles. The number of hydrogen-bond donors (Lipinski definition) is 1. The van der Waals surface area contributed by atoms with Crippen molar-refractivity contribution in [2.24, 2.45) is 0 Å². The van der Waals surface area contributed by atoms with Gasteiger partial charge in [-0.15, -0.1) is 0 Å². The lowest BCUT2D eigenvalue weighted by molar-refractivity contribution is 0.0699. The quantitative estimate of drug-likeness (QED) is 0.780. The van der Waals surface area contributed by atoms with Gasteiger partial charge in [-0.25, -0.2) is 9.78 Å². The molecule has 0 aliphatic heterocycles. The Bertz CT molecular complexity index is 826. The lowest BCUT2D eigenvalue weighted by Gasteiger charge is -2.04. The molecular formula is C14H9ClN2O3. The molecule has 1 N–H and O–H groups in total. The van der Waals surface area contributed by atoms with E-state index in [1.807, 2.05) is 0 Å². The van der Waals surface area contributed by atoms with Crippen molar-refractivity contribution in [1.82, 2.24) is 10.1 Å². The minimum atomic E-state index is -1.05. The molecule has 0 radical (unpaired) electrons. The van der Waals surface area contributed by atoms with Crippen molar-refractivity contribution in [1.29, 1.82) is 0 Å². The number of nitrogens with zero attached hydrogens (tertiary/aromatic N) is 2. The predicted octanol–water partition coefficient (Wildman–Crippen LogP) is 3.55. The van der Waals surface area contributed by atoms with Gasteiger partial charge in [0.25, 0.3) is 5.71 Å². The summed E-state index contributed by atoms with van der Waals surface area (Å²) >= 11 is 5.94. The third kappa shape index (κ3) is 2.02. The lowest BCUT2D eigenvalue weighted by atomic mass is 10.1. The van der Waals surface area contributed by atoms with E-state index in [4.69, 9.17) is 16.1 Å². The summed E-state index contributed by atoms with van der Waals surface area (Å²) in [5.41, 5.74) is 2.02. The second kappa shape index (κ2) is 4.61. The van der Waals surface area contributed by atoms with Crippen molar-refractivity contribution in [3.05, 3.63) is 46.6 Å². The second-order valence-electron chi connectivity index (χ2n) is 4.32. The van der Waals surface area contributed by atoms with E-state index in [2.05, 4.69) is 10.1 Å². The maximum absolute atomic E-state index is 11.4. The zero-order chi connectivity index (χ0) is 14.3. The Labute approximate surface area is 118 Å². The Morgan fingerprint density at radius 1 is 1.35 bits per heavy atom. The summed E-state index contributed by atoms with van der Waals surface area (Å²) < 4.78 is 5.07. The van der Waals surface area contributed by atoms with E-state index in [1.54, 1.807) is 31.2 Å². The van der Waals surface area contributed by atoms with Crippen molar-refractivity contribution in [3.63, 3.8) is 0 Å². The Hall–Kier alpha value is -2.40. The molecule has 0 atom stereocenters. The highest BCUT2D eigenvalue weighted by molar-refractivity contribution is 6.30. The van der Waals surface area contributed by atoms with E-state index >= 15 is 0 Å². The summed E-state index contributed by atoms with van der Waals surface area (Å²) in [7, 11) is 0. The molecule has 5 nitrogen and oxygen atoms in total. The number of hydrogen-bond acceptors (Lipinski definition) is 4. The van der Waals surface area contributed by atoms with Gasteiger partial charge in [-0.3, -0.25) is 0 Å². The first-order valence-corrected chi connectivity index (χ1v) is 6.20. The van der Waals surface area contributed by atoms with Crippen LogP contribution in [0.25, 0.3) is 22.4 Å². The lowest BCUT2D eigenvalue weighted by Crippen LogP contribution is -2.00. The molecule has 20 heavy (non-hydrogen) atoms. The Balaban J connectivity index is 2.30. The molecule has 6 heteroatoms. The Morgan fingerprint density at radius 3 is 2.85 bits per heavy atom. The van der Waals surface area contributed by atoms with Gasteiger partial charge in [0.15, 0.2) is 0 Å². The smallest absolute Gasteiger partial charge is 0.336 e. The van der Waals surface area contributed by atoms with Crippen LogP contribution in [0.5, 0.6) is 0 Å². The zero-order valence-corrected chi connectivity index (χ0v) is 11.2. The highest BCUT2D eigenvalue weighted by Gasteiger charge is 2.18. The van der Waals surface area contributed by atoms with E-state index in [9.17, 15) is 9.90 Å². The average molecular weight is 289 g/mol. The summed E-state index contributed by atoms with van der Waals surface area (Å²) in [4.78, 5) is 15.7. The van der Waals surface area contributed by atoms with Crippen LogP contribution >= 0.6 is 11.6 Å². The fourth-order valence-electron chi connectivity index (χ4n) is 2.06. The van der Waals surface area contributed by atoms with Gasteiger partial charge in [0.1, 0.15) is 0 Å². The summed E-state index contributed by atoms with van der Waals surface area (Å²) in [5, 5.41) is 14.1. The molecule has 1 aromatic carbocycles. The molecule has 0 fully saturated rings. The number of carboxylic acids is 1. The first kappa shape index (κ1) is 12.6. The summed E-state index contributed by atoms with van der Waals surface area (Å²) in [6, 6.07) is 8.52. The van der Waals surface area contributed by atoms with Crippen LogP contribution in [0.2, 0.25) is 5.02 Å². The van der Waals surface area contributed by atoms with Gasteiger partial charge in [-0.2, -0.15) is 0 Å². The number of aryl methyl sites for hydroxylation is 1. The summed E-state index contributed by atoms with van der Waals surface area (Å²) in [5.74, 6) is -1.05. The minimum absolute atomic E-state index is 0.115. The molecule has 0 spiro atoms. The number of aromatic carboxylic acids is 1. The van der Waals surface area contributed by atoms with Crippen LogP contribution < -0.4 is 0 Å². The molecule has 100 valence electrons. The van der Waals surface area contributed by atoms with Crippen molar-refractivity contribution in [3.8, 4) is 11.3 Å². The highest BCUT2D eigenvalue weighted by atomic mass is 35.5. The minimum Gasteiger partial charge on any atom is -0.478 e. The number of benzene rings is 1. The highest BCUT2D eigenvalue weighted by Crippen LogP contribution is 2.28. The standard InChI is InChI=1S/C14H9ClN2O3/c1-7-12-10(14(18)19)6-11(16-13(12)20-17-7)8-3-2-4-9(15)5-8/h2-6H,1H3,(H,18,19). The fourth-order valence-corrected chi connectivity index (χ4v) is 2.25. The van der Waals surface area contributed by atoms with Gasteiger partial charge in [0.05, 0.1) is 22.3 Å². The van der Waals surface area contributed by atoms with E-state index in [0.29, 0.717) is 21.8 Å². The average Bonchev–Trinajstić information content (AvgIpc) is 2.79. The number of fused-ring (bicyclic) bond motifs is 1. The molecular weight excluding hydrogens is 280 g/mol. The first-order chi connectivity index (χ1) is 9.56. The second-order valence-corrected chi connectivity index (χ2v) is 4.76. The summed E-state index contributed by atoms with van der Waals surface area (Å²) in [6.07, 6.45) is 0. The van der Waals surface area contributed by atoms with Gasteiger partial charge < -0.3 is 9.63 Å². The van der Waals surface area contributed by atoms with Crippen LogP contribution in [0.4, 0.5) is 0 Å². The fraction of sp³-hybridized carbons (Fsp3) is 0.0714. The van der Waals surface area contributed by atoms with E-state index in [0.717, 1.165) is 5.56 Å². The van der Waals surface area contributed by atoms with Crippen LogP contribution in [0.1, 0.15) is 16.1 Å². The van der Waals surface area contributed by atoms with Crippen LogP contribution in [0.15, 0.2) is 34.9 Å². The number of rotatable bonds is 2. The normalized spacial score (nSPS) is 10.9. The molecule has 0 saturated heterocycles. The predicted molar refractivity (Wildman–Crippen MR) is 73.9 cm³/mol. The molecule has 3 aromatic rings. The van der Waals surface area contributed by atoms with Crippen molar-refractivity contribution >= 4 is 28.7 Å². The topological polar surface area (TPSA) is 76.2 Å². The van der Waals surface area contributed by atoms with Crippen LogP contribution in [-0.2, 0) is 0 Å². The first-order valence-electron chi connectivity index (χ1n) is 5.82. The van der Waals surface area contributed by atoms with Crippen LogP contribution in [-0.4, -0.2) is 21.2 Å². The summed E-state index contributed by atoms with van der Waals surface area (Å²) in [6.45, 7) is 1.68. The number of aromatic nitrogens is 2. The van der Waals surface area contributed by atoms with Crippen molar-refractivity contribution < 1.29 is 14.4 Å². The monoisotopic (exact) mass is 288 g/mol. The molecule has 0 aliphatic rings. The molecule has 0 bridgehead atoms. The third-order valence-electron chi connectivity index (χ3n) is 2.97. The van der Waals surface area contributed by atoms with E-state index in [-0.39, 0.29) is 11.3 Å². The van der Waals surface area contributed by atoms with Crippen molar-refractivity contribution in [2.45, 2.75) is 6.92 Å². The largest absolute Gasteiger partial charge is 0.478 e. The van der Waals surface area contributed by atoms with Gasteiger partial charge in [-0.05, 0) is 25.1 Å². The zero-order valence-electron chi connectivity index (χ0n) is 10.4. The van der Waals surface area contributed by atoms with Gasteiger partial charge in [0, 0.05) is 10.6 Å². The Kier molecular flexibility index (Phi) is 2.91. The maximum atomic E-state index is 11.4. The van der Waals surface area contributed by atoms with Crippen LogP contribution in [0.3, 0.4) is 0 Å². The number of halogens is 1. The number of carboxylic acid groups (broad SMARTS) is 1. The molecule has 0 aliphatic carbocycles. The molecule has 0 amide bonds. The number of pyridine rings is 1. The van der Waals surface area contributed by atoms with Gasteiger partial charge in [0.2, 0.25) is 0 Å². The molecule has 2 aromatic heterocycles. The Morgan fingerprint density at radius 2 is 2.15 bits per heavy atom. The van der Waals surface area contributed by atoms with Crippen LogP contribution in [0, 0.1) is 6.92 Å². The molecule has 3 rings (SSSR count). The molecule has 0 saturated carbocycles. The number of carbonyl (C=O) groups is 1. The maximum Gasteiger partial charge on any atom is 0.336 e. The van der Waals surface area contributed by atoms with Gasteiger partial charge in [-0.1, -0.05) is 28.9 Å². The molecule has 0 unspecified atom stereocenters. The van der Waals surface area contributed by atoms with E-state index < -0.39 is 5.97 Å². The van der Waals surface area contributed by atoms with Gasteiger partial charge >= 0.3 is 5.97 Å². The third-order valence-corrected chi connectivity index (χ3v) is 3.20. The van der Waals surface area contributed by atoms with E-state index in [1.165, 1.54) is 6.07 Å². The van der Waals surface area contributed by atoms with Crippen molar-refractivity contribution in [2.75, 3.05) is 0 Å². The SMILES string of the molecule is Cc1noc2nc(-c3cccc(Cl)c3)cc(C(=O)O)c12.